The summed E-state index contributed by atoms with van der Waals surface area (Å²) >= 11 is 0. The van der Waals surface area contributed by atoms with Crippen molar-refractivity contribution in [2.24, 2.45) is 7.05 Å². The summed E-state index contributed by atoms with van der Waals surface area (Å²) in [6, 6.07) is 14.2. The highest BCUT2D eigenvalue weighted by Crippen LogP contribution is 2.36. The Balaban J connectivity index is 1.20. The number of hydrogen-bond donors (Lipinski definition) is 1. The van der Waals surface area contributed by atoms with E-state index in [2.05, 4.69) is 62.2 Å². The molecule has 4 heterocycles. The van der Waals surface area contributed by atoms with Crippen LogP contribution in [0.25, 0.3) is 22.2 Å². The molecule has 0 bridgehead atoms. The van der Waals surface area contributed by atoms with Crippen molar-refractivity contribution in [3.63, 3.8) is 0 Å². The summed E-state index contributed by atoms with van der Waals surface area (Å²) in [5, 5.41) is 13.8. The number of rotatable bonds is 10. The lowest BCUT2D eigenvalue weighted by molar-refractivity contribution is -0.00461. The summed E-state index contributed by atoms with van der Waals surface area (Å²) in [6.07, 6.45) is 5.85. The fourth-order valence-corrected chi connectivity index (χ4v) is 6.35. The minimum atomic E-state index is -0.148. The molecule has 0 amide bonds. The van der Waals surface area contributed by atoms with E-state index < -0.39 is 0 Å². The van der Waals surface area contributed by atoms with Gasteiger partial charge in [0.25, 0.3) is 5.56 Å². The molecule has 1 N–H and O–H groups in total. The number of benzene rings is 1. The third-order valence-electron chi connectivity index (χ3n) is 8.69. The number of methoxy groups -OCH3 is 2. The molecule has 4 aromatic rings. The van der Waals surface area contributed by atoms with E-state index in [1.54, 1.807) is 27.3 Å². The van der Waals surface area contributed by atoms with Gasteiger partial charge in [-0.2, -0.15) is 5.10 Å². The van der Waals surface area contributed by atoms with E-state index in [0.717, 1.165) is 79.8 Å². The average Bonchev–Trinajstić information content (AvgIpc) is 3.61. The van der Waals surface area contributed by atoms with Crippen molar-refractivity contribution < 1.29 is 14.2 Å². The predicted molar refractivity (Wildman–Crippen MR) is 165 cm³/mol. The predicted octanol–water partition coefficient (Wildman–Crippen LogP) is 4.03. The maximum atomic E-state index is 11.7. The first-order valence-electron chi connectivity index (χ1n) is 15.2. The van der Waals surface area contributed by atoms with Crippen LogP contribution in [0.2, 0.25) is 0 Å². The Morgan fingerprint density at radius 3 is 2.33 bits per heavy atom. The Morgan fingerprint density at radius 1 is 0.953 bits per heavy atom. The summed E-state index contributed by atoms with van der Waals surface area (Å²) in [5.41, 5.74) is 4.21. The fourth-order valence-electron chi connectivity index (χ4n) is 6.35. The molecule has 1 aliphatic carbocycles. The Morgan fingerprint density at radius 2 is 1.67 bits per heavy atom. The molecule has 2 atom stereocenters. The van der Waals surface area contributed by atoms with Crippen molar-refractivity contribution in [1.82, 2.24) is 29.4 Å². The lowest BCUT2D eigenvalue weighted by atomic mass is 9.93. The molecule has 0 radical (unpaired) electrons. The van der Waals surface area contributed by atoms with E-state index in [-0.39, 0.29) is 29.9 Å². The maximum absolute atomic E-state index is 11.7. The lowest BCUT2D eigenvalue weighted by Gasteiger charge is -2.29. The van der Waals surface area contributed by atoms with Crippen molar-refractivity contribution in [2.75, 3.05) is 39.2 Å². The lowest BCUT2D eigenvalue weighted by Crippen LogP contribution is -2.27. The monoisotopic (exact) mass is 587 g/mol. The smallest absolute Gasteiger partial charge is 0.266 e. The summed E-state index contributed by atoms with van der Waals surface area (Å²) in [5.74, 6) is 1.34. The Kier molecular flexibility index (Phi) is 8.73. The first kappa shape index (κ1) is 29.3. The summed E-state index contributed by atoms with van der Waals surface area (Å²) in [4.78, 5) is 18.7. The Labute approximate surface area is 251 Å². The SMILES string of the molecule is CCNc1cc2c(cn1)c(-c1ccc(CN3C[C@@H](OC)[C@H](OC)C3)cc1)nn2[C@H]1CC[C@@H](Oc2ccc(=O)n(C)n2)CC1. The van der Waals surface area contributed by atoms with Crippen LogP contribution in [0.15, 0.2) is 53.5 Å². The zero-order valence-corrected chi connectivity index (χ0v) is 25.4. The number of nitrogens with one attached hydrogen (secondary N) is 1. The molecule has 1 saturated carbocycles. The number of hydrogen-bond acceptors (Lipinski definition) is 9. The van der Waals surface area contributed by atoms with Gasteiger partial charge in [0.2, 0.25) is 5.88 Å². The van der Waals surface area contributed by atoms with Crippen LogP contribution in [0.5, 0.6) is 5.88 Å². The highest BCUT2D eigenvalue weighted by molar-refractivity contribution is 5.94. The van der Waals surface area contributed by atoms with Gasteiger partial charge in [-0.05, 0) is 38.2 Å². The van der Waals surface area contributed by atoms with Gasteiger partial charge in [-0.1, -0.05) is 24.3 Å². The maximum Gasteiger partial charge on any atom is 0.266 e. The molecular formula is C32H41N7O4. The van der Waals surface area contributed by atoms with Crippen LogP contribution in [-0.2, 0) is 23.1 Å². The molecule has 6 rings (SSSR count). The van der Waals surface area contributed by atoms with Crippen molar-refractivity contribution in [1.29, 1.82) is 0 Å². The molecule has 2 aliphatic rings. The van der Waals surface area contributed by atoms with Crippen molar-refractivity contribution in [2.45, 2.75) is 63.5 Å². The number of ether oxygens (including phenoxy) is 3. The molecule has 43 heavy (non-hydrogen) atoms. The van der Waals surface area contributed by atoms with E-state index in [4.69, 9.17) is 19.3 Å². The summed E-state index contributed by atoms with van der Waals surface area (Å²) < 4.78 is 20.9. The zero-order valence-electron chi connectivity index (χ0n) is 25.4. The largest absolute Gasteiger partial charge is 0.473 e. The molecule has 3 aromatic heterocycles. The molecule has 1 aliphatic heterocycles. The van der Waals surface area contributed by atoms with E-state index in [0.29, 0.717) is 5.88 Å². The number of aryl methyl sites for hydroxylation is 1. The molecule has 11 heteroatoms. The molecule has 2 fully saturated rings. The minimum Gasteiger partial charge on any atom is -0.473 e. The third kappa shape index (κ3) is 6.29. The topological polar surface area (TPSA) is 109 Å². The molecule has 228 valence electrons. The van der Waals surface area contributed by atoms with E-state index in [9.17, 15) is 4.79 Å². The van der Waals surface area contributed by atoms with Gasteiger partial charge < -0.3 is 19.5 Å². The quantitative estimate of drug-likeness (QED) is 0.294. The highest BCUT2D eigenvalue weighted by Gasteiger charge is 2.33. The van der Waals surface area contributed by atoms with Crippen LogP contribution in [0, 0.1) is 0 Å². The van der Waals surface area contributed by atoms with Crippen LogP contribution in [-0.4, -0.2) is 81.6 Å². The zero-order chi connectivity index (χ0) is 29.9. The molecule has 11 nitrogen and oxygen atoms in total. The normalized spacial score (nSPS) is 22.7. The van der Waals surface area contributed by atoms with Gasteiger partial charge in [-0.25, -0.2) is 9.67 Å². The Hall–Kier alpha value is -3.80. The number of nitrogens with zero attached hydrogens (tertiary/aromatic N) is 6. The minimum absolute atomic E-state index is 0.0584. The second-order valence-electron chi connectivity index (χ2n) is 11.5. The van der Waals surface area contributed by atoms with E-state index in [1.807, 2.05) is 6.20 Å². The van der Waals surface area contributed by atoms with E-state index in [1.165, 1.54) is 16.3 Å². The van der Waals surface area contributed by atoms with Crippen LogP contribution in [0.4, 0.5) is 5.82 Å². The van der Waals surface area contributed by atoms with Crippen LogP contribution in [0.1, 0.15) is 44.2 Å². The van der Waals surface area contributed by atoms with Gasteiger partial charge >= 0.3 is 0 Å². The number of aromatic nitrogens is 5. The fraction of sp³-hybridized carbons (Fsp3) is 0.500. The first-order chi connectivity index (χ1) is 20.9. The molecule has 0 spiro atoms. The van der Waals surface area contributed by atoms with Gasteiger partial charge in [0.15, 0.2) is 0 Å². The van der Waals surface area contributed by atoms with Crippen LogP contribution >= 0.6 is 0 Å². The average molecular weight is 588 g/mol. The standard InChI is InChI=1S/C32H41N7O4/c1-5-33-29-16-26-25(17-34-29)32(22-8-6-21(7-9-22)18-38-19-27(41-3)28(20-38)42-4)36-39(26)23-10-12-24(13-11-23)43-30-14-15-31(40)37(2)35-30/h6-9,14-17,23-24,27-28H,5,10-13,18-20H2,1-4H3,(H,33,34)/t23-,24+,27-,28-/m1/s1. The third-order valence-corrected chi connectivity index (χ3v) is 8.69. The Bertz CT molecular complexity index is 1580. The molecule has 1 saturated heterocycles. The van der Waals surface area contributed by atoms with Gasteiger partial charge in [0, 0.05) is 82.8 Å². The second-order valence-corrected chi connectivity index (χ2v) is 11.5. The van der Waals surface area contributed by atoms with Crippen molar-refractivity contribution in [3.8, 4) is 17.1 Å². The van der Waals surface area contributed by atoms with Gasteiger partial charge in [0.05, 0.1) is 23.8 Å². The summed E-state index contributed by atoms with van der Waals surface area (Å²) in [7, 11) is 5.14. The number of anilines is 1. The van der Waals surface area contributed by atoms with Gasteiger partial charge in [-0.3, -0.25) is 14.4 Å². The van der Waals surface area contributed by atoms with E-state index >= 15 is 0 Å². The first-order valence-corrected chi connectivity index (χ1v) is 15.2. The number of pyridine rings is 1. The van der Waals surface area contributed by atoms with Crippen molar-refractivity contribution >= 4 is 16.7 Å². The highest BCUT2D eigenvalue weighted by atomic mass is 16.5. The summed E-state index contributed by atoms with van der Waals surface area (Å²) in [6.45, 7) is 5.45. The van der Waals surface area contributed by atoms with Crippen molar-refractivity contribution in [3.05, 3.63) is 64.6 Å². The number of likely N-dealkylation sites (tertiary alicyclic amines) is 1. The van der Waals surface area contributed by atoms with Gasteiger partial charge in [-0.15, -0.1) is 5.10 Å². The molecule has 1 aromatic carbocycles. The molecular weight excluding hydrogens is 546 g/mol. The van der Waals surface area contributed by atoms with Gasteiger partial charge in [0.1, 0.15) is 17.6 Å². The van der Waals surface area contributed by atoms with Crippen LogP contribution < -0.4 is 15.6 Å². The molecule has 0 unspecified atom stereocenters. The number of fused-ring (bicyclic) bond motifs is 1. The van der Waals surface area contributed by atoms with Crippen LogP contribution in [0.3, 0.4) is 0 Å². The second kappa shape index (κ2) is 12.8.